The Labute approximate surface area is 273 Å². The first-order valence-electron chi connectivity index (χ1n) is 14.4. The number of ether oxygens (including phenoxy) is 3. The molecule has 48 heavy (non-hydrogen) atoms. The van der Waals surface area contributed by atoms with E-state index in [4.69, 9.17) is 9.47 Å². The minimum Gasteiger partial charge on any atom is -0.497 e. The van der Waals surface area contributed by atoms with Crippen LogP contribution in [0.4, 0.5) is 26.7 Å². The molecular formula is C31H37F5N4O8. The van der Waals surface area contributed by atoms with Gasteiger partial charge in [-0.25, -0.2) is 22.8 Å². The van der Waals surface area contributed by atoms with Crippen molar-refractivity contribution in [1.29, 1.82) is 0 Å². The quantitative estimate of drug-likeness (QED) is 0.101. The number of esters is 1. The van der Waals surface area contributed by atoms with E-state index in [0.717, 1.165) is 11.8 Å². The molecule has 0 aromatic heterocycles. The zero-order valence-electron chi connectivity index (χ0n) is 27.4. The van der Waals surface area contributed by atoms with Crippen molar-refractivity contribution in [3.05, 3.63) is 58.9 Å². The van der Waals surface area contributed by atoms with Gasteiger partial charge in [0.25, 0.3) is 0 Å². The highest BCUT2D eigenvalue weighted by molar-refractivity contribution is 5.94. The summed E-state index contributed by atoms with van der Waals surface area (Å²) in [5.41, 5.74) is -0.317. The van der Waals surface area contributed by atoms with E-state index in [9.17, 15) is 45.9 Å². The summed E-state index contributed by atoms with van der Waals surface area (Å²) >= 11 is 0. The topological polar surface area (TPSA) is 152 Å². The molecule has 0 aliphatic heterocycles. The molecule has 2 rings (SSSR count). The first kappa shape index (κ1) is 39.2. The van der Waals surface area contributed by atoms with E-state index < -0.39 is 94.4 Å². The molecule has 264 valence electrons. The van der Waals surface area contributed by atoms with Crippen LogP contribution in [0.1, 0.15) is 47.1 Å². The molecule has 0 aliphatic rings. The van der Waals surface area contributed by atoms with Crippen LogP contribution in [0.15, 0.2) is 24.3 Å². The normalized spacial score (nSPS) is 13.7. The summed E-state index contributed by atoms with van der Waals surface area (Å²) in [5.74, 6) is -17.4. The van der Waals surface area contributed by atoms with Gasteiger partial charge in [0, 0.05) is 13.5 Å². The number of amides is 4. The van der Waals surface area contributed by atoms with Crippen molar-refractivity contribution in [3.8, 4) is 11.5 Å². The second-order valence-corrected chi connectivity index (χ2v) is 11.7. The fraction of sp³-hybridized carbons (Fsp3) is 0.452. The van der Waals surface area contributed by atoms with Gasteiger partial charge in [0.1, 0.15) is 35.5 Å². The van der Waals surface area contributed by atoms with E-state index in [1.54, 1.807) is 45.0 Å². The molecule has 2 aromatic carbocycles. The second kappa shape index (κ2) is 16.2. The zero-order chi connectivity index (χ0) is 36.7. The molecule has 0 radical (unpaired) electrons. The molecule has 0 heterocycles. The van der Waals surface area contributed by atoms with Crippen LogP contribution in [0.2, 0.25) is 0 Å². The number of benzene rings is 2. The molecule has 12 nitrogen and oxygen atoms in total. The van der Waals surface area contributed by atoms with Crippen molar-refractivity contribution in [2.24, 2.45) is 0 Å². The molecule has 4 atom stereocenters. The van der Waals surface area contributed by atoms with Gasteiger partial charge in [-0.2, -0.15) is 8.78 Å². The minimum atomic E-state index is -2.46. The van der Waals surface area contributed by atoms with Crippen molar-refractivity contribution < 1.29 is 60.1 Å². The largest absolute Gasteiger partial charge is 0.497 e. The van der Waals surface area contributed by atoms with E-state index in [1.165, 1.54) is 28.0 Å². The maximum atomic E-state index is 14.1. The highest BCUT2D eigenvalue weighted by Crippen LogP contribution is 2.29. The molecular weight excluding hydrogens is 651 g/mol. The Morgan fingerprint density at radius 1 is 0.750 bits per heavy atom. The number of hydrogen-bond acceptors (Lipinski definition) is 8. The van der Waals surface area contributed by atoms with Gasteiger partial charge < -0.3 is 35.1 Å². The summed E-state index contributed by atoms with van der Waals surface area (Å²) in [6.07, 6.45) is -1.03. The maximum Gasteiger partial charge on any atom is 0.408 e. The maximum absolute atomic E-state index is 14.1. The number of methoxy groups -OCH3 is 1. The van der Waals surface area contributed by atoms with Crippen molar-refractivity contribution in [3.63, 3.8) is 0 Å². The third-order valence-corrected chi connectivity index (χ3v) is 6.65. The number of rotatable bonds is 12. The molecule has 0 bridgehead atoms. The van der Waals surface area contributed by atoms with Crippen LogP contribution in [0, 0.1) is 29.1 Å². The summed E-state index contributed by atoms with van der Waals surface area (Å²) in [4.78, 5) is 65.1. The van der Waals surface area contributed by atoms with Crippen molar-refractivity contribution in [1.82, 2.24) is 20.9 Å². The molecule has 0 fully saturated rings. The third kappa shape index (κ3) is 10.3. The lowest BCUT2D eigenvalue weighted by Crippen LogP contribution is -2.57. The number of likely N-dealkylation sites (N-methyl/N-ethyl adjacent to an activating group) is 1. The summed E-state index contributed by atoms with van der Waals surface area (Å²) in [6.45, 7) is 8.58. The molecule has 0 unspecified atom stereocenters. The van der Waals surface area contributed by atoms with Gasteiger partial charge in [0.05, 0.1) is 7.11 Å². The molecule has 0 saturated heterocycles. The number of nitrogens with zero attached hydrogens (tertiary/aromatic N) is 1. The van der Waals surface area contributed by atoms with Crippen LogP contribution >= 0.6 is 0 Å². The van der Waals surface area contributed by atoms with E-state index >= 15 is 0 Å². The number of hydrogen-bond donors (Lipinski definition) is 3. The van der Waals surface area contributed by atoms with Gasteiger partial charge in [-0.1, -0.05) is 12.1 Å². The van der Waals surface area contributed by atoms with E-state index in [1.807, 2.05) is 0 Å². The average Bonchev–Trinajstić information content (AvgIpc) is 3.01. The average molecular weight is 689 g/mol. The highest BCUT2D eigenvalue weighted by atomic mass is 19.2. The van der Waals surface area contributed by atoms with Crippen molar-refractivity contribution in [2.75, 3.05) is 14.2 Å². The Morgan fingerprint density at radius 3 is 1.75 bits per heavy atom. The Bertz CT molecular complexity index is 1510. The Morgan fingerprint density at radius 2 is 1.25 bits per heavy atom. The van der Waals surface area contributed by atoms with Crippen LogP contribution in [0.3, 0.4) is 0 Å². The monoisotopic (exact) mass is 688 g/mol. The Kier molecular flexibility index (Phi) is 13.3. The Balaban J connectivity index is 2.25. The molecule has 0 saturated carbocycles. The predicted molar refractivity (Wildman–Crippen MR) is 159 cm³/mol. The zero-order valence-corrected chi connectivity index (χ0v) is 27.4. The van der Waals surface area contributed by atoms with Crippen LogP contribution < -0.4 is 25.4 Å². The molecule has 0 spiro atoms. The molecule has 0 aliphatic carbocycles. The van der Waals surface area contributed by atoms with Crippen LogP contribution in [0.25, 0.3) is 0 Å². The highest BCUT2D eigenvalue weighted by Gasteiger charge is 2.34. The lowest BCUT2D eigenvalue weighted by Gasteiger charge is -2.31. The number of halogens is 5. The summed E-state index contributed by atoms with van der Waals surface area (Å²) in [5, 5.41) is 6.97. The minimum absolute atomic E-state index is 0.158. The van der Waals surface area contributed by atoms with Gasteiger partial charge in [-0.3, -0.25) is 14.4 Å². The smallest absolute Gasteiger partial charge is 0.408 e. The third-order valence-electron chi connectivity index (χ3n) is 6.65. The van der Waals surface area contributed by atoms with Gasteiger partial charge in [0.2, 0.25) is 52.6 Å². The summed E-state index contributed by atoms with van der Waals surface area (Å²) in [7, 11) is 2.67. The number of alkyl carbamates (subject to hydrolysis) is 1. The first-order chi connectivity index (χ1) is 22.2. The van der Waals surface area contributed by atoms with Gasteiger partial charge >= 0.3 is 12.1 Å². The Hall–Kier alpha value is -4.96. The fourth-order valence-corrected chi connectivity index (χ4v) is 4.03. The van der Waals surface area contributed by atoms with E-state index in [-0.39, 0.29) is 6.42 Å². The van der Waals surface area contributed by atoms with Crippen LogP contribution in [-0.2, 0) is 30.3 Å². The molecule has 2 aromatic rings. The van der Waals surface area contributed by atoms with Crippen molar-refractivity contribution >= 4 is 29.8 Å². The lowest BCUT2D eigenvalue weighted by atomic mass is 10.0. The lowest BCUT2D eigenvalue weighted by molar-refractivity contribution is -0.144. The number of carbonyl (C=O) groups is 5. The summed E-state index contributed by atoms with van der Waals surface area (Å²) in [6, 6.07) is 0.881. The van der Waals surface area contributed by atoms with Crippen LogP contribution in [0.5, 0.6) is 11.5 Å². The SMILES string of the molecule is COc1ccc(C[C@@H](C(=O)N[C@@H](C)C(=O)Oc2c(F)c(F)c(F)c(F)c2F)N(C)C(=O)[C@H](C)NC(=O)[C@@H](C)NC(=O)OC(C)(C)C)cc1. The number of carbonyl (C=O) groups excluding carboxylic acids is 5. The van der Waals surface area contributed by atoms with Gasteiger partial charge in [0.15, 0.2) is 0 Å². The van der Waals surface area contributed by atoms with E-state index in [2.05, 4.69) is 20.7 Å². The van der Waals surface area contributed by atoms with Crippen molar-refractivity contribution in [2.45, 2.75) is 77.7 Å². The number of nitrogens with one attached hydrogen (secondary N) is 3. The van der Waals surface area contributed by atoms with Crippen LogP contribution in [-0.4, -0.2) is 78.6 Å². The standard InChI is InChI=1S/C31H37F5N4O8/c1-14(39-30(45)48-31(4,5)6)26(41)37-15(2)28(43)40(7)19(13-17-9-11-18(46-8)12-10-17)27(42)38-16(3)29(44)47-25-23(35)21(33)20(32)22(34)24(25)36/h9-12,14-16,19H,13H2,1-8H3,(H,37,41)(H,38,42)(H,39,45)/t14-,15+,16+,19+/m1/s1. The summed E-state index contributed by atoms with van der Waals surface area (Å²) < 4.78 is 83.3. The van der Waals surface area contributed by atoms with E-state index in [0.29, 0.717) is 11.3 Å². The van der Waals surface area contributed by atoms with Gasteiger partial charge in [-0.15, -0.1) is 0 Å². The predicted octanol–water partition coefficient (Wildman–Crippen LogP) is 3.29. The molecule has 4 amide bonds. The second-order valence-electron chi connectivity index (χ2n) is 11.7. The molecule has 17 heteroatoms. The molecule has 3 N–H and O–H groups in total. The fourth-order valence-electron chi connectivity index (χ4n) is 4.03. The first-order valence-corrected chi connectivity index (χ1v) is 14.4. The van der Waals surface area contributed by atoms with Gasteiger partial charge in [-0.05, 0) is 59.2 Å².